The number of amides is 2. The van der Waals surface area contributed by atoms with Gasteiger partial charge in [0.1, 0.15) is 5.60 Å². The van der Waals surface area contributed by atoms with Crippen molar-refractivity contribution in [2.75, 3.05) is 12.4 Å². The minimum absolute atomic E-state index is 0.120. The van der Waals surface area contributed by atoms with Crippen molar-refractivity contribution in [2.24, 2.45) is 0 Å². The standard InChI is InChI=1S/C21H24F2N2O5/c1-21(2,3)30-20(27)24-12-13-5-7-14(8-6-13)18(26)25-15-9-10-16(28-4)17(11-15)29-19(22)23/h5-11,19H,12H2,1-4H3,(H,24,27)(H,25,26). The summed E-state index contributed by atoms with van der Waals surface area (Å²) in [7, 11) is 1.32. The zero-order valence-electron chi connectivity index (χ0n) is 17.1. The molecular weight excluding hydrogens is 398 g/mol. The van der Waals surface area contributed by atoms with E-state index in [0.29, 0.717) is 5.56 Å². The maximum atomic E-state index is 12.5. The van der Waals surface area contributed by atoms with Crippen LogP contribution in [0.3, 0.4) is 0 Å². The molecule has 2 N–H and O–H groups in total. The number of rotatable bonds is 7. The molecule has 0 saturated carbocycles. The molecule has 0 aromatic heterocycles. The smallest absolute Gasteiger partial charge is 0.407 e. The number of alkyl halides is 2. The molecule has 0 radical (unpaired) electrons. The van der Waals surface area contributed by atoms with E-state index in [9.17, 15) is 18.4 Å². The largest absolute Gasteiger partial charge is 0.493 e. The molecule has 7 nitrogen and oxygen atoms in total. The molecule has 0 spiro atoms. The first-order chi connectivity index (χ1) is 14.1. The average Bonchev–Trinajstić information content (AvgIpc) is 2.65. The van der Waals surface area contributed by atoms with Gasteiger partial charge in [-0.25, -0.2) is 4.79 Å². The van der Waals surface area contributed by atoms with Gasteiger partial charge in [-0.2, -0.15) is 8.78 Å². The highest BCUT2D eigenvalue weighted by Crippen LogP contribution is 2.31. The van der Waals surface area contributed by atoms with Gasteiger partial charge in [-0.1, -0.05) is 12.1 Å². The zero-order valence-corrected chi connectivity index (χ0v) is 17.1. The van der Waals surface area contributed by atoms with Gasteiger partial charge < -0.3 is 24.8 Å². The molecule has 0 fully saturated rings. The minimum atomic E-state index is -3.02. The lowest BCUT2D eigenvalue weighted by atomic mass is 10.1. The Kier molecular flexibility index (Phi) is 7.57. The second kappa shape index (κ2) is 9.91. The number of benzene rings is 2. The molecule has 0 heterocycles. The van der Waals surface area contributed by atoms with Crippen LogP contribution in [-0.4, -0.2) is 31.3 Å². The Morgan fingerprint density at radius 3 is 2.27 bits per heavy atom. The van der Waals surface area contributed by atoms with Crippen LogP contribution in [0.25, 0.3) is 0 Å². The lowest BCUT2D eigenvalue weighted by Crippen LogP contribution is -2.32. The van der Waals surface area contributed by atoms with E-state index in [1.54, 1.807) is 45.0 Å². The van der Waals surface area contributed by atoms with E-state index in [4.69, 9.17) is 9.47 Å². The molecule has 0 atom stereocenters. The van der Waals surface area contributed by atoms with Gasteiger partial charge in [0, 0.05) is 23.9 Å². The first kappa shape index (κ1) is 22.9. The van der Waals surface area contributed by atoms with Crippen molar-refractivity contribution in [2.45, 2.75) is 39.5 Å². The van der Waals surface area contributed by atoms with Gasteiger partial charge in [-0.3, -0.25) is 4.79 Å². The van der Waals surface area contributed by atoms with Crippen molar-refractivity contribution in [3.05, 3.63) is 53.6 Å². The Balaban J connectivity index is 1.98. The molecular formula is C21H24F2N2O5. The summed E-state index contributed by atoms with van der Waals surface area (Å²) in [6.07, 6.45) is -0.536. The topological polar surface area (TPSA) is 85.9 Å². The fraction of sp³-hybridized carbons (Fsp3) is 0.333. The Morgan fingerprint density at radius 1 is 1.03 bits per heavy atom. The van der Waals surface area contributed by atoms with Crippen LogP contribution in [0.4, 0.5) is 19.3 Å². The first-order valence-corrected chi connectivity index (χ1v) is 9.07. The van der Waals surface area contributed by atoms with Crippen LogP contribution < -0.4 is 20.1 Å². The number of anilines is 1. The van der Waals surface area contributed by atoms with Gasteiger partial charge in [0.2, 0.25) is 0 Å². The maximum Gasteiger partial charge on any atom is 0.407 e. The third kappa shape index (κ3) is 7.23. The van der Waals surface area contributed by atoms with E-state index in [-0.39, 0.29) is 23.7 Å². The van der Waals surface area contributed by atoms with E-state index in [1.807, 2.05) is 0 Å². The third-order valence-electron chi connectivity index (χ3n) is 3.69. The van der Waals surface area contributed by atoms with Crippen molar-refractivity contribution >= 4 is 17.7 Å². The molecule has 0 unspecified atom stereocenters. The predicted octanol–water partition coefficient (Wildman–Crippen LogP) is 4.57. The molecule has 30 heavy (non-hydrogen) atoms. The summed E-state index contributed by atoms with van der Waals surface area (Å²) >= 11 is 0. The fourth-order valence-electron chi connectivity index (χ4n) is 2.41. The number of carbonyl (C=O) groups is 2. The minimum Gasteiger partial charge on any atom is -0.493 e. The Hall–Kier alpha value is -3.36. The highest BCUT2D eigenvalue weighted by molar-refractivity contribution is 6.04. The van der Waals surface area contributed by atoms with Crippen LogP contribution in [0.5, 0.6) is 11.5 Å². The molecule has 9 heteroatoms. The molecule has 0 aliphatic carbocycles. The molecule has 162 valence electrons. The normalized spacial score (nSPS) is 11.0. The van der Waals surface area contributed by atoms with Crippen molar-refractivity contribution in [3.63, 3.8) is 0 Å². The molecule has 2 amide bonds. The van der Waals surface area contributed by atoms with E-state index in [1.165, 1.54) is 25.3 Å². The Labute approximate surface area is 173 Å². The van der Waals surface area contributed by atoms with Gasteiger partial charge in [0.15, 0.2) is 11.5 Å². The number of hydrogen-bond acceptors (Lipinski definition) is 5. The van der Waals surface area contributed by atoms with Gasteiger partial charge in [0.25, 0.3) is 5.91 Å². The van der Waals surface area contributed by atoms with Crippen LogP contribution >= 0.6 is 0 Å². The van der Waals surface area contributed by atoms with Crippen LogP contribution in [0.1, 0.15) is 36.7 Å². The molecule has 0 saturated heterocycles. The maximum absolute atomic E-state index is 12.5. The molecule has 2 aromatic rings. The summed E-state index contributed by atoms with van der Waals surface area (Å²) in [5, 5.41) is 5.24. The second-order valence-corrected chi connectivity index (χ2v) is 7.25. The van der Waals surface area contributed by atoms with Gasteiger partial charge in [0.05, 0.1) is 7.11 Å². The molecule has 0 bridgehead atoms. The van der Waals surface area contributed by atoms with Crippen molar-refractivity contribution < 1.29 is 32.6 Å². The molecule has 2 aromatic carbocycles. The predicted molar refractivity (Wildman–Crippen MR) is 107 cm³/mol. The molecule has 2 rings (SSSR count). The van der Waals surface area contributed by atoms with E-state index < -0.39 is 24.2 Å². The van der Waals surface area contributed by atoms with Crippen LogP contribution in [0, 0.1) is 0 Å². The van der Waals surface area contributed by atoms with Crippen LogP contribution in [-0.2, 0) is 11.3 Å². The Morgan fingerprint density at radius 2 is 1.70 bits per heavy atom. The van der Waals surface area contributed by atoms with Crippen molar-refractivity contribution in [3.8, 4) is 11.5 Å². The summed E-state index contributed by atoms with van der Waals surface area (Å²) in [5.74, 6) is -0.501. The second-order valence-electron chi connectivity index (χ2n) is 7.25. The first-order valence-electron chi connectivity index (χ1n) is 9.07. The quantitative estimate of drug-likeness (QED) is 0.683. The summed E-state index contributed by atoms with van der Waals surface area (Å²) in [6, 6.07) is 10.7. The molecule has 0 aliphatic heterocycles. The van der Waals surface area contributed by atoms with E-state index in [2.05, 4.69) is 15.4 Å². The highest BCUT2D eigenvalue weighted by Gasteiger charge is 2.16. The van der Waals surface area contributed by atoms with Crippen molar-refractivity contribution in [1.82, 2.24) is 5.32 Å². The number of carbonyl (C=O) groups excluding carboxylic acids is 2. The highest BCUT2D eigenvalue weighted by atomic mass is 19.3. The van der Waals surface area contributed by atoms with E-state index >= 15 is 0 Å². The van der Waals surface area contributed by atoms with E-state index in [0.717, 1.165) is 5.56 Å². The third-order valence-corrected chi connectivity index (χ3v) is 3.69. The van der Waals surface area contributed by atoms with Crippen molar-refractivity contribution in [1.29, 1.82) is 0 Å². The monoisotopic (exact) mass is 422 g/mol. The average molecular weight is 422 g/mol. The zero-order chi connectivity index (χ0) is 22.3. The number of hydrogen-bond donors (Lipinski definition) is 2. The SMILES string of the molecule is COc1ccc(NC(=O)c2ccc(CNC(=O)OC(C)(C)C)cc2)cc1OC(F)F. The Bertz CT molecular complexity index is 880. The van der Waals surface area contributed by atoms with Gasteiger partial charge >= 0.3 is 12.7 Å². The number of halogens is 2. The summed E-state index contributed by atoms with van der Waals surface area (Å²) < 4.78 is 39.6. The fourth-order valence-corrected chi connectivity index (χ4v) is 2.41. The molecule has 0 aliphatic rings. The van der Waals surface area contributed by atoms with Gasteiger partial charge in [-0.15, -0.1) is 0 Å². The summed E-state index contributed by atoms with van der Waals surface area (Å²) in [4.78, 5) is 24.1. The van der Waals surface area contributed by atoms with Gasteiger partial charge in [-0.05, 0) is 50.6 Å². The summed E-state index contributed by atoms with van der Waals surface area (Å²) in [5.41, 5.74) is 0.804. The number of ether oxygens (including phenoxy) is 3. The lowest BCUT2D eigenvalue weighted by molar-refractivity contribution is -0.0511. The lowest BCUT2D eigenvalue weighted by Gasteiger charge is -2.19. The summed E-state index contributed by atoms with van der Waals surface area (Å²) in [6.45, 7) is 2.53. The number of alkyl carbamates (subject to hydrolysis) is 1. The number of nitrogens with one attached hydrogen (secondary N) is 2. The van der Waals surface area contributed by atoms with Crippen LogP contribution in [0.2, 0.25) is 0 Å². The number of methoxy groups -OCH3 is 1. The van der Waals surface area contributed by atoms with Crippen LogP contribution in [0.15, 0.2) is 42.5 Å².